The number of aliphatic hydroxyl groups excluding tert-OH is 1. The third kappa shape index (κ3) is 6.33. The molecule has 2 aromatic carbocycles. The van der Waals surface area contributed by atoms with Gasteiger partial charge >= 0.3 is 12.1 Å². The van der Waals surface area contributed by atoms with Crippen molar-refractivity contribution in [1.82, 2.24) is 10.6 Å². The Morgan fingerprint density at radius 1 is 1.00 bits per heavy atom. The summed E-state index contributed by atoms with van der Waals surface area (Å²) >= 11 is 0. The number of fused-ring (bicyclic) bond motifs is 3. The van der Waals surface area contributed by atoms with Gasteiger partial charge in [-0.3, -0.25) is 4.79 Å². The number of aliphatic hydroxyl groups is 1. The van der Waals surface area contributed by atoms with Gasteiger partial charge in [0.1, 0.15) is 12.6 Å². The first-order valence-electron chi connectivity index (χ1n) is 11.0. The number of carbonyl (C=O) groups excluding carboxylic acids is 2. The zero-order chi connectivity index (χ0) is 24.9. The van der Waals surface area contributed by atoms with Gasteiger partial charge < -0.3 is 30.3 Å². The van der Waals surface area contributed by atoms with Crippen molar-refractivity contribution in [3.8, 4) is 11.1 Å². The highest BCUT2D eigenvalue weighted by atomic mass is 16.5. The van der Waals surface area contributed by atoms with Crippen molar-refractivity contribution in [2.45, 2.75) is 44.4 Å². The maximum absolute atomic E-state index is 12.6. The monoisotopic (exact) mass is 470 g/mol. The molecule has 0 unspecified atom stereocenters. The summed E-state index contributed by atoms with van der Waals surface area (Å²) in [5, 5.41) is 23.0. The number of hydrogen-bond donors (Lipinski definition) is 4. The molecule has 2 aromatic rings. The second-order valence-electron chi connectivity index (χ2n) is 9.05. The molecule has 1 aliphatic rings. The number of nitrogens with one attached hydrogen (secondary N) is 2. The van der Waals surface area contributed by atoms with Crippen molar-refractivity contribution in [2.75, 3.05) is 19.8 Å². The maximum atomic E-state index is 12.6. The second kappa shape index (κ2) is 10.7. The number of alkyl carbamates (subject to hydrolysis) is 1. The quantitative estimate of drug-likeness (QED) is 0.442. The molecule has 2 atom stereocenters. The van der Waals surface area contributed by atoms with Gasteiger partial charge in [-0.25, -0.2) is 9.59 Å². The number of aliphatic carboxylic acids is 1. The van der Waals surface area contributed by atoms with E-state index in [1.54, 1.807) is 20.8 Å². The minimum Gasteiger partial charge on any atom is -0.479 e. The zero-order valence-corrected chi connectivity index (χ0v) is 19.4. The second-order valence-corrected chi connectivity index (χ2v) is 9.05. The summed E-state index contributed by atoms with van der Waals surface area (Å²) in [7, 11) is 0. The van der Waals surface area contributed by atoms with Crippen LogP contribution < -0.4 is 10.6 Å². The normalized spacial score (nSPS) is 14.5. The van der Waals surface area contributed by atoms with Gasteiger partial charge in [-0.2, -0.15) is 0 Å². The first kappa shape index (κ1) is 25.2. The van der Waals surface area contributed by atoms with E-state index < -0.39 is 42.3 Å². The van der Waals surface area contributed by atoms with E-state index in [-0.39, 0.29) is 19.1 Å². The molecule has 3 rings (SSSR count). The van der Waals surface area contributed by atoms with Crippen molar-refractivity contribution < 1.29 is 34.1 Å². The van der Waals surface area contributed by atoms with Gasteiger partial charge in [0.2, 0.25) is 5.91 Å². The first-order chi connectivity index (χ1) is 16.1. The molecule has 4 N–H and O–H groups in total. The van der Waals surface area contributed by atoms with E-state index in [4.69, 9.17) is 14.6 Å². The molecule has 2 amide bonds. The number of benzene rings is 2. The molecule has 34 heavy (non-hydrogen) atoms. The van der Waals surface area contributed by atoms with Crippen LogP contribution in [0.5, 0.6) is 0 Å². The Labute approximate surface area is 198 Å². The van der Waals surface area contributed by atoms with Crippen LogP contribution >= 0.6 is 0 Å². The van der Waals surface area contributed by atoms with Crippen LogP contribution in [-0.4, -0.2) is 65.7 Å². The fourth-order valence-corrected chi connectivity index (χ4v) is 3.71. The van der Waals surface area contributed by atoms with Crippen molar-refractivity contribution in [2.24, 2.45) is 0 Å². The molecule has 0 saturated carbocycles. The molecule has 0 radical (unpaired) electrons. The van der Waals surface area contributed by atoms with Crippen LogP contribution in [0.3, 0.4) is 0 Å². The molecule has 0 aromatic heterocycles. The van der Waals surface area contributed by atoms with Gasteiger partial charge in [0.15, 0.2) is 6.10 Å². The molecule has 0 aliphatic heterocycles. The van der Waals surface area contributed by atoms with Crippen molar-refractivity contribution in [3.05, 3.63) is 59.7 Å². The fourth-order valence-electron chi connectivity index (χ4n) is 3.71. The molecule has 0 spiro atoms. The summed E-state index contributed by atoms with van der Waals surface area (Å²) in [5.41, 5.74) is 3.73. The van der Waals surface area contributed by atoms with Gasteiger partial charge in [-0.15, -0.1) is 0 Å². The predicted octanol–water partition coefficient (Wildman–Crippen LogP) is 2.27. The fraction of sp³-hybridized carbons (Fsp3) is 0.400. The molecule has 1 aliphatic carbocycles. The molecule has 0 bridgehead atoms. The molecular weight excluding hydrogens is 440 g/mol. The number of rotatable bonds is 9. The van der Waals surface area contributed by atoms with E-state index in [1.807, 2.05) is 48.5 Å². The Morgan fingerprint density at radius 2 is 1.56 bits per heavy atom. The maximum Gasteiger partial charge on any atom is 0.407 e. The first-order valence-corrected chi connectivity index (χ1v) is 11.0. The van der Waals surface area contributed by atoms with E-state index in [1.165, 1.54) is 0 Å². The van der Waals surface area contributed by atoms with Gasteiger partial charge in [-0.1, -0.05) is 48.5 Å². The average Bonchev–Trinajstić information content (AvgIpc) is 3.11. The SMILES string of the molecule is CC(C)(C)OC[C@H](NC(=O)OCC1c2ccccc2-c2ccccc21)C(=O)NC[C@H](O)C(=O)O. The molecule has 0 heterocycles. The molecule has 9 nitrogen and oxygen atoms in total. The lowest BCUT2D eigenvalue weighted by Gasteiger charge is -2.25. The van der Waals surface area contributed by atoms with Gasteiger partial charge in [0.05, 0.1) is 18.8 Å². The molecular formula is C25H30N2O7. The van der Waals surface area contributed by atoms with Crippen LogP contribution in [0, 0.1) is 0 Å². The topological polar surface area (TPSA) is 134 Å². The standard InChI is InChI=1S/C25H30N2O7/c1-25(2,3)34-14-20(22(29)26-12-21(28)23(30)31)27-24(32)33-13-19-17-10-6-4-8-15(17)16-9-5-7-11-18(16)19/h4-11,19-21,28H,12-14H2,1-3H3,(H,26,29)(H,27,32)(H,30,31)/t20-,21-/m0/s1. The zero-order valence-electron chi connectivity index (χ0n) is 19.4. The van der Waals surface area contributed by atoms with Crippen molar-refractivity contribution >= 4 is 18.0 Å². The molecule has 182 valence electrons. The third-order valence-electron chi connectivity index (χ3n) is 5.39. The summed E-state index contributed by atoms with van der Waals surface area (Å²) in [6.45, 7) is 4.79. The lowest BCUT2D eigenvalue weighted by molar-refractivity contribution is -0.146. The van der Waals surface area contributed by atoms with Gasteiger partial charge in [-0.05, 0) is 43.0 Å². The lowest BCUT2D eigenvalue weighted by Crippen LogP contribution is -2.52. The summed E-state index contributed by atoms with van der Waals surface area (Å²) in [4.78, 5) is 35.9. The number of carbonyl (C=O) groups is 3. The molecule has 0 saturated heterocycles. The number of carboxylic acid groups (broad SMARTS) is 1. The Balaban J connectivity index is 1.65. The van der Waals surface area contributed by atoms with Crippen LogP contribution in [0.2, 0.25) is 0 Å². The summed E-state index contributed by atoms with van der Waals surface area (Å²) in [5.74, 6) is -2.30. The average molecular weight is 471 g/mol. The van der Waals surface area contributed by atoms with Crippen molar-refractivity contribution in [1.29, 1.82) is 0 Å². The largest absolute Gasteiger partial charge is 0.479 e. The van der Waals surface area contributed by atoms with Crippen LogP contribution in [0.1, 0.15) is 37.8 Å². The van der Waals surface area contributed by atoms with Crippen LogP contribution in [0.4, 0.5) is 4.79 Å². The summed E-state index contributed by atoms with van der Waals surface area (Å²) in [6, 6.07) is 14.7. The predicted molar refractivity (Wildman–Crippen MR) is 124 cm³/mol. The number of amides is 2. The van der Waals surface area contributed by atoms with Crippen LogP contribution in [-0.2, 0) is 19.1 Å². The highest BCUT2D eigenvalue weighted by Gasteiger charge is 2.30. The number of ether oxygens (including phenoxy) is 2. The minimum absolute atomic E-state index is 0.0755. The summed E-state index contributed by atoms with van der Waals surface area (Å²) in [6.07, 6.45) is -2.57. The molecule has 0 fully saturated rings. The highest BCUT2D eigenvalue weighted by molar-refractivity contribution is 5.86. The van der Waals surface area contributed by atoms with E-state index in [0.29, 0.717) is 0 Å². The lowest BCUT2D eigenvalue weighted by atomic mass is 9.98. The van der Waals surface area contributed by atoms with Crippen LogP contribution in [0.15, 0.2) is 48.5 Å². The van der Waals surface area contributed by atoms with E-state index >= 15 is 0 Å². The minimum atomic E-state index is -1.76. The van der Waals surface area contributed by atoms with E-state index in [2.05, 4.69) is 10.6 Å². The molecule has 9 heteroatoms. The third-order valence-corrected chi connectivity index (χ3v) is 5.39. The summed E-state index contributed by atoms with van der Waals surface area (Å²) < 4.78 is 11.1. The Morgan fingerprint density at radius 3 is 2.09 bits per heavy atom. The number of carboxylic acids is 1. The van der Waals surface area contributed by atoms with E-state index in [0.717, 1.165) is 22.3 Å². The van der Waals surface area contributed by atoms with Crippen LogP contribution in [0.25, 0.3) is 11.1 Å². The smallest absolute Gasteiger partial charge is 0.407 e. The van der Waals surface area contributed by atoms with Gasteiger partial charge in [0.25, 0.3) is 0 Å². The Hall–Kier alpha value is -3.43. The Kier molecular flexibility index (Phi) is 7.90. The number of hydrogen-bond acceptors (Lipinski definition) is 6. The highest BCUT2D eigenvalue weighted by Crippen LogP contribution is 2.44. The van der Waals surface area contributed by atoms with E-state index in [9.17, 15) is 19.5 Å². The van der Waals surface area contributed by atoms with Crippen molar-refractivity contribution in [3.63, 3.8) is 0 Å². The Bertz CT molecular complexity index is 1000. The van der Waals surface area contributed by atoms with Gasteiger partial charge in [0, 0.05) is 5.92 Å².